The van der Waals surface area contributed by atoms with Crippen LogP contribution in [0, 0.1) is 6.92 Å². The Morgan fingerprint density at radius 1 is 1.38 bits per heavy atom. The monoisotopic (exact) mass is 178 g/mol. The zero-order chi connectivity index (χ0) is 10.1. The van der Waals surface area contributed by atoms with Crippen molar-refractivity contribution in [3.63, 3.8) is 0 Å². The molecule has 1 rings (SSSR count). The van der Waals surface area contributed by atoms with Gasteiger partial charge < -0.3 is 5.11 Å². The second-order valence-corrected chi connectivity index (χ2v) is 3.44. The van der Waals surface area contributed by atoms with Gasteiger partial charge in [0.2, 0.25) is 0 Å². The van der Waals surface area contributed by atoms with Crippen LogP contribution < -0.4 is 0 Å². The van der Waals surface area contributed by atoms with Gasteiger partial charge in [0, 0.05) is 0 Å². The highest BCUT2D eigenvalue weighted by molar-refractivity contribution is 5.85. The topological polar surface area (TPSA) is 37.3 Å². The fourth-order valence-electron chi connectivity index (χ4n) is 1.31. The van der Waals surface area contributed by atoms with Crippen LogP contribution in [-0.2, 0) is 10.4 Å². The summed E-state index contributed by atoms with van der Waals surface area (Å²) in [6.45, 7) is 4.80. The summed E-state index contributed by atoms with van der Waals surface area (Å²) in [5.74, 6) is -0.234. The molecule has 0 fully saturated rings. The zero-order valence-corrected chi connectivity index (χ0v) is 8.16. The lowest BCUT2D eigenvalue weighted by atomic mass is 9.89. The maximum atomic E-state index is 11.2. The largest absolute Gasteiger partial charge is 0.378 e. The van der Waals surface area contributed by atoms with Crippen LogP contribution in [0.1, 0.15) is 25.0 Å². The second-order valence-electron chi connectivity index (χ2n) is 3.44. The summed E-state index contributed by atoms with van der Waals surface area (Å²) in [5.41, 5.74) is 0.260. The van der Waals surface area contributed by atoms with Crippen molar-refractivity contribution in [2.75, 3.05) is 0 Å². The number of carbonyl (C=O) groups excluding carboxylic acids is 1. The molecule has 0 aliphatic heterocycles. The molecule has 2 nitrogen and oxygen atoms in total. The molecule has 0 bridgehead atoms. The van der Waals surface area contributed by atoms with Gasteiger partial charge in [0.25, 0.3) is 0 Å². The van der Waals surface area contributed by atoms with E-state index in [0.717, 1.165) is 5.56 Å². The molecule has 0 radical (unpaired) electrons. The van der Waals surface area contributed by atoms with Crippen LogP contribution in [0.25, 0.3) is 0 Å². The van der Waals surface area contributed by atoms with Gasteiger partial charge in [0.05, 0.1) is 0 Å². The van der Waals surface area contributed by atoms with E-state index < -0.39 is 5.60 Å². The second kappa shape index (κ2) is 3.30. The Kier molecular flexibility index (Phi) is 2.52. The first-order valence-corrected chi connectivity index (χ1v) is 4.26. The summed E-state index contributed by atoms with van der Waals surface area (Å²) in [5, 5.41) is 9.89. The summed E-state index contributed by atoms with van der Waals surface area (Å²) < 4.78 is 0. The van der Waals surface area contributed by atoms with Crippen molar-refractivity contribution in [2.45, 2.75) is 26.4 Å². The molecule has 13 heavy (non-hydrogen) atoms. The van der Waals surface area contributed by atoms with Gasteiger partial charge in [0.15, 0.2) is 5.78 Å². The fraction of sp³-hybridized carbons (Fsp3) is 0.364. The summed E-state index contributed by atoms with van der Waals surface area (Å²) in [6.07, 6.45) is 0. The van der Waals surface area contributed by atoms with E-state index in [2.05, 4.69) is 0 Å². The van der Waals surface area contributed by atoms with Crippen molar-refractivity contribution >= 4 is 5.78 Å². The maximum Gasteiger partial charge on any atom is 0.165 e. The van der Waals surface area contributed by atoms with Crippen LogP contribution in [0.5, 0.6) is 0 Å². The number of rotatable bonds is 2. The lowest BCUT2D eigenvalue weighted by Crippen LogP contribution is -2.30. The number of benzene rings is 1. The number of aliphatic hydroxyl groups is 1. The molecule has 1 atom stereocenters. The van der Waals surface area contributed by atoms with Gasteiger partial charge in [-0.25, -0.2) is 0 Å². The minimum absolute atomic E-state index is 0.234. The molecular formula is C11H14O2. The van der Waals surface area contributed by atoms with E-state index >= 15 is 0 Å². The van der Waals surface area contributed by atoms with Crippen molar-refractivity contribution in [1.29, 1.82) is 0 Å². The highest BCUT2D eigenvalue weighted by Gasteiger charge is 2.29. The summed E-state index contributed by atoms with van der Waals surface area (Å²) >= 11 is 0. The minimum atomic E-state index is -1.36. The van der Waals surface area contributed by atoms with E-state index in [0.29, 0.717) is 5.56 Å². The van der Waals surface area contributed by atoms with Crippen molar-refractivity contribution in [3.8, 4) is 0 Å². The van der Waals surface area contributed by atoms with Crippen LogP contribution in [0.2, 0.25) is 0 Å². The Balaban J connectivity index is 3.22. The number of hydrogen-bond acceptors (Lipinski definition) is 2. The molecule has 0 spiro atoms. The van der Waals surface area contributed by atoms with Crippen LogP contribution in [0.15, 0.2) is 24.3 Å². The zero-order valence-electron chi connectivity index (χ0n) is 8.16. The molecule has 0 saturated heterocycles. The number of hydrogen-bond donors (Lipinski definition) is 1. The predicted octanol–water partition coefficient (Wildman–Crippen LogP) is 1.79. The Hall–Kier alpha value is -1.15. The molecule has 0 aliphatic carbocycles. The normalized spacial score (nSPS) is 15.1. The third-order valence-electron chi connectivity index (χ3n) is 2.36. The van der Waals surface area contributed by atoms with Gasteiger partial charge >= 0.3 is 0 Å². The average Bonchev–Trinajstić information content (AvgIpc) is 2.04. The molecule has 1 aromatic rings. The number of ketones is 1. The average molecular weight is 178 g/mol. The van der Waals surface area contributed by atoms with Crippen molar-refractivity contribution in [3.05, 3.63) is 35.4 Å². The number of Topliss-reactive ketones (excluding diaryl/α,β-unsaturated/α-hetero) is 1. The number of carbonyl (C=O) groups is 1. The van der Waals surface area contributed by atoms with E-state index in [1.54, 1.807) is 6.07 Å². The lowest BCUT2D eigenvalue weighted by molar-refractivity contribution is -0.134. The highest BCUT2D eigenvalue weighted by Crippen LogP contribution is 2.24. The Labute approximate surface area is 78.2 Å². The van der Waals surface area contributed by atoms with Gasteiger partial charge in [-0.2, -0.15) is 0 Å². The highest BCUT2D eigenvalue weighted by atomic mass is 16.3. The molecule has 0 aromatic heterocycles. The molecule has 0 heterocycles. The molecule has 1 aromatic carbocycles. The number of aryl methyl sites for hydroxylation is 1. The smallest absolute Gasteiger partial charge is 0.165 e. The Morgan fingerprint density at radius 2 is 1.92 bits per heavy atom. The van der Waals surface area contributed by atoms with Crippen LogP contribution >= 0.6 is 0 Å². The third kappa shape index (κ3) is 1.78. The SMILES string of the molecule is CC(=O)C(C)(O)c1ccccc1C. The first-order valence-electron chi connectivity index (χ1n) is 4.26. The molecule has 0 aliphatic rings. The summed E-state index contributed by atoms with van der Waals surface area (Å²) in [6, 6.07) is 7.36. The maximum absolute atomic E-state index is 11.2. The van der Waals surface area contributed by atoms with Crippen molar-refractivity contribution < 1.29 is 9.90 Å². The molecule has 1 N–H and O–H groups in total. The van der Waals surface area contributed by atoms with Gasteiger partial charge in [-0.15, -0.1) is 0 Å². The van der Waals surface area contributed by atoms with Crippen LogP contribution in [0.3, 0.4) is 0 Å². The molecule has 2 heteroatoms. The first-order chi connectivity index (χ1) is 5.96. The Bertz CT molecular complexity index is 327. The Morgan fingerprint density at radius 3 is 2.38 bits per heavy atom. The quantitative estimate of drug-likeness (QED) is 0.749. The third-order valence-corrected chi connectivity index (χ3v) is 2.36. The van der Waals surface area contributed by atoms with E-state index in [9.17, 15) is 9.90 Å². The standard InChI is InChI=1S/C11H14O2/c1-8-6-4-5-7-10(8)11(3,13)9(2)12/h4-7,13H,1-3H3. The van der Waals surface area contributed by atoms with Gasteiger partial charge in [-0.3, -0.25) is 4.79 Å². The summed E-state index contributed by atoms with van der Waals surface area (Å²) in [4.78, 5) is 11.2. The van der Waals surface area contributed by atoms with Crippen molar-refractivity contribution in [2.24, 2.45) is 0 Å². The first kappa shape index (κ1) is 9.93. The predicted molar refractivity (Wildman–Crippen MR) is 51.4 cm³/mol. The van der Waals surface area contributed by atoms with Gasteiger partial charge in [0.1, 0.15) is 5.60 Å². The molecule has 0 amide bonds. The van der Waals surface area contributed by atoms with Crippen molar-refractivity contribution in [1.82, 2.24) is 0 Å². The van der Waals surface area contributed by atoms with Crippen LogP contribution in [0.4, 0.5) is 0 Å². The minimum Gasteiger partial charge on any atom is -0.378 e. The van der Waals surface area contributed by atoms with E-state index in [4.69, 9.17) is 0 Å². The fourth-order valence-corrected chi connectivity index (χ4v) is 1.31. The molecular weight excluding hydrogens is 164 g/mol. The van der Waals surface area contributed by atoms with Gasteiger partial charge in [-0.05, 0) is 31.9 Å². The van der Waals surface area contributed by atoms with E-state index in [1.165, 1.54) is 13.8 Å². The van der Waals surface area contributed by atoms with Gasteiger partial charge in [-0.1, -0.05) is 24.3 Å². The molecule has 0 saturated carbocycles. The summed E-state index contributed by atoms with van der Waals surface area (Å²) in [7, 11) is 0. The lowest BCUT2D eigenvalue weighted by Gasteiger charge is -2.22. The van der Waals surface area contributed by atoms with Crippen LogP contribution in [-0.4, -0.2) is 10.9 Å². The molecule has 70 valence electrons. The van der Waals surface area contributed by atoms with E-state index in [1.807, 2.05) is 25.1 Å². The molecule has 1 unspecified atom stereocenters. The van der Waals surface area contributed by atoms with E-state index in [-0.39, 0.29) is 5.78 Å².